The van der Waals surface area contributed by atoms with Crippen molar-refractivity contribution in [2.24, 2.45) is 5.14 Å². The van der Waals surface area contributed by atoms with Crippen molar-refractivity contribution in [1.29, 1.82) is 0 Å². The molecular weight excluding hydrogens is 412 g/mol. The summed E-state index contributed by atoms with van der Waals surface area (Å²) in [6, 6.07) is 13.7. The van der Waals surface area contributed by atoms with Gasteiger partial charge in [0.1, 0.15) is 24.0 Å². The number of carbonyl (C=O) groups is 1. The van der Waals surface area contributed by atoms with E-state index in [0.717, 1.165) is 17.0 Å². The third-order valence-electron chi connectivity index (χ3n) is 4.06. The number of ether oxygens (including phenoxy) is 2. The molecule has 0 radical (unpaired) electrons. The van der Waals surface area contributed by atoms with Crippen LogP contribution in [0.5, 0.6) is 5.75 Å². The number of nitrogens with zero attached hydrogens (tertiary/aromatic N) is 1. The second-order valence-electron chi connectivity index (χ2n) is 6.09. The van der Waals surface area contributed by atoms with Crippen molar-refractivity contribution in [3.8, 4) is 16.3 Å². The Morgan fingerprint density at radius 2 is 1.76 bits per heavy atom. The van der Waals surface area contributed by atoms with E-state index in [1.165, 1.54) is 41.2 Å². The largest absolute Gasteiger partial charge is 0.490 e. The number of primary sulfonamides is 1. The number of esters is 1. The first-order valence-electron chi connectivity index (χ1n) is 8.84. The maximum Gasteiger partial charge on any atom is 0.357 e. The van der Waals surface area contributed by atoms with E-state index in [9.17, 15) is 13.2 Å². The number of rotatable bonds is 8. The van der Waals surface area contributed by atoms with E-state index >= 15 is 0 Å². The van der Waals surface area contributed by atoms with E-state index in [4.69, 9.17) is 14.6 Å². The highest BCUT2D eigenvalue weighted by Gasteiger charge is 2.13. The Balaban J connectivity index is 1.49. The molecule has 3 aromatic rings. The average Bonchev–Trinajstić information content (AvgIpc) is 3.21. The van der Waals surface area contributed by atoms with Gasteiger partial charge in [0.25, 0.3) is 0 Å². The van der Waals surface area contributed by atoms with Gasteiger partial charge in [-0.25, -0.2) is 23.3 Å². The highest BCUT2D eigenvalue weighted by Crippen LogP contribution is 2.24. The molecule has 0 aliphatic rings. The molecule has 0 saturated heterocycles. The highest BCUT2D eigenvalue weighted by molar-refractivity contribution is 7.89. The molecule has 0 atom stereocenters. The molecule has 29 heavy (non-hydrogen) atoms. The number of sulfonamides is 1. The molecule has 0 amide bonds. The molecule has 9 heteroatoms. The van der Waals surface area contributed by atoms with Gasteiger partial charge in [-0.2, -0.15) is 0 Å². The molecule has 0 saturated carbocycles. The van der Waals surface area contributed by atoms with Crippen LogP contribution in [-0.4, -0.2) is 32.6 Å². The van der Waals surface area contributed by atoms with Gasteiger partial charge in [0, 0.05) is 10.9 Å². The Labute approximate surface area is 173 Å². The third kappa shape index (κ3) is 5.63. The second kappa shape index (κ2) is 9.17. The average molecular weight is 433 g/mol. The third-order valence-corrected chi connectivity index (χ3v) is 5.88. The number of carbonyl (C=O) groups excluding carboxylic acids is 1. The maximum atomic E-state index is 12.1. The molecule has 0 aliphatic carbocycles. The SMILES string of the molecule is CCc1ccc(-c2nc(C(=O)OCCOc3ccc(S(N)(=O)=O)cc3)cs2)cc1. The zero-order valence-electron chi connectivity index (χ0n) is 15.7. The Morgan fingerprint density at radius 1 is 1.07 bits per heavy atom. The molecule has 0 bridgehead atoms. The van der Waals surface area contributed by atoms with Crippen molar-refractivity contribution in [3.63, 3.8) is 0 Å². The van der Waals surface area contributed by atoms with Crippen LogP contribution in [0, 0.1) is 0 Å². The molecule has 2 aromatic carbocycles. The zero-order valence-corrected chi connectivity index (χ0v) is 17.3. The van der Waals surface area contributed by atoms with Crippen molar-refractivity contribution in [3.05, 3.63) is 65.2 Å². The molecule has 0 unspecified atom stereocenters. The molecule has 1 heterocycles. The number of hydrogen-bond donors (Lipinski definition) is 1. The number of nitrogens with two attached hydrogens (primary N) is 1. The summed E-state index contributed by atoms with van der Waals surface area (Å²) in [4.78, 5) is 16.5. The normalized spacial score (nSPS) is 11.2. The van der Waals surface area contributed by atoms with Crippen LogP contribution in [0.2, 0.25) is 0 Å². The van der Waals surface area contributed by atoms with Crippen LogP contribution in [0.15, 0.2) is 58.8 Å². The van der Waals surface area contributed by atoms with Gasteiger partial charge < -0.3 is 9.47 Å². The van der Waals surface area contributed by atoms with Gasteiger partial charge in [0.2, 0.25) is 10.0 Å². The smallest absolute Gasteiger partial charge is 0.357 e. The van der Waals surface area contributed by atoms with Crippen LogP contribution in [0.25, 0.3) is 10.6 Å². The first kappa shape index (κ1) is 21.0. The van der Waals surface area contributed by atoms with Crippen molar-refractivity contribution in [1.82, 2.24) is 4.98 Å². The number of benzene rings is 2. The lowest BCUT2D eigenvalue weighted by atomic mass is 10.1. The van der Waals surface area contributed by atoms with Crippen molar-refractivity contribution < 1.29 is 22.7 Å². The summed E-state index contributed by atoms with van der Waals surface area (Å²) >= 11 is 1.38. The van der Waals surface area contributed by atoms with E-state index < -0.39 is 16.0 Å². The Morgan fingerprint density at radius 3 is 2.38 bits per heavy atom. The van der Waals surface area contributed by atoms with Gasteiger partial charge in [-0.3, -0.25) is 0 Å². The Kier molecular flexibility index (Phi) is 6.63. The van der Waals surface area contributed by atoms with E-state index in [-0.39, 0.29) is 23.8 Å². The predicted octanol–water partition coefficient (Wildman–Crippen LogP) is 3.26. The molecule has 0 spiro atoms. The summed E-state index contributed by atoms with van der Waals surface area (Å²) in [5, 5.41) is 7.46. The second-order valence-corrected chi connectivity index (χ2v) is 8.51. The minimum atomic E-state index is -3.74. The van der Waals surface area contributed by atoms with Gasteiger partial charge in [-0.1, -0.05) is 31.2 Å². The zero-order chi connectivity index (χ0) is 20.9. The van der Waals surface area contributed by atoms with Crippen LogP contribution in [0.4, 0.5) is 0 Å². The number of hydrogen-bond acceptors (Lipinski definition) is 7. The molecule has 3 rings (SSSR count). The summed E-state index contributed by atoms with van der Waals surface area (Å²) < 4.78 is 33.0. The van der Waals surface area contributed by atoms with E-state index in [2.05, 4.69) is 11.9 Å². The van der Waals surface area contributed by atoms with Gasteiger partial charge in [-0.05, 0) is 36.2 Å². The first-order valence-corrected chi connectivity index (χ1v) is 11.3. The fraction of sp³-hybridized carbons (Fsp3) is 0.200. The lowest BCUT2D eigenvalue weighted by Gasteiger charge is -2.07. The minimum Gasteiger partial charge on any atom is -0.490 e. The van der Waals surface area contributed by atoms with Gasteiger partial charge >= 0.3 is 5.97 Å². The molecule has 152 valence electrons. The summed E-state index contributed by atoms with van der Waals surface area (Å²) in [7, 11) is -3.74. The summed E-state index contributed by atoms with van der Waals surface area (Å²) in [6.07, 6.45) is 0.966. The number of aryl methyl sites for hydroxylation is 1. The molecular formula is C20H20N2O5S2. The molecule has 0 fully saturated rings. The first-order chi connectivity index (χ1) is 13.9. The van der Waals surface area contributed by atoms with E-state index in [1.807, 2.05) is 24.3 Å². The Hall–Kier alpha value is -2.75. The summed E-state index contributed by atoms with van der Waals surface area (Å²) in [5.41, 5.74) is 2.45. The van der Waals surface area contributed by atoms with Gasteiger partial charge in [-0.15, -0.1) is 11.3 Å². The molecule has 7 nitrogen and oxygen atoms in total. The van der Waals surface area contributed by atoms with E-state index in [1.54, 1.807) is 5.38 Å². The van der Waals surface area contributed by atoms with Gasteiger partial charge in [0.05, 0.1) is 4.90 Å². The van der Waals surface area contributed by atoms with Crippen molar-refractivity contribution in [2.45, 2.75) is 18.2 Å². The van der Waals surface area contributed by atoms with E-state index in [0.29, 0.717) is 5.75 Å². The number of aromatic nitrogens is 1. The van der Waals surface area contributed by atoms with Crippen molar-refractivity contribution >= 4 is 27.3 Å². The standard InChI is InChI=1S/C20H20N2O5S2/c1-2-14-3-5-15(6-4-14)19-22-18(13-28-19)20(23)27-12-11-26-16-7-9-17(10-8-16)29(21,24)25/h3-10,13H,2,11-12H2,1H3,(H2,21,24,25). The summed E-state index contributed by atoms with van der Waals surface area (Å²) in [5.74, 6) is -0.0780. The van der Waals surface area contributed by atoms with Crippen molar-refractivity contribution in [2.75, 3.05) is 13.2 Å². The quantitative estimate of drug-likeness (QED) is 0.432. The monoisotopic (exact) mass is 432 g/mol. The maximum absolute atomic E-state index is 12.1. The number of thiazole rings is 1. The highest BCUT2D eigenvalue weighted by atomic mass is 32.2. The molecule has 1 aromatic heterocycles. The van der Waals surface area contributed by atoms with Crippen LogP contribution in [-0.2, 0) is 21.2 Å². The fourth-order valence-corrected chi connectivity index (χ4v) is 3.79. The minimum absolute atomic E-state index is 0.0000480. The lowest BCUT2D eigenvalue weighted by Crippen LogP contribution is -2.13. The van der Waals surface area contributed by atoms with Gasteiger partial charge in [0.15, 0.2) is 5.69 Å². The molecule has 2 N–H and O–H groups in total. The van der Waals surface area contributed by atoms with Crippen LogP contribution < -0.4 is 9.88 Å². The summed E-state index contributed by atoms with van der Waals surface area (Å²) in [6.45, 7) is 2.25. The lowest BCUT2D eigenvalue weighted by molar-refractivity contribution is 0.0444. The fourth-order valence-electron chi connectivity index (χ4n) is 2.48. The predicted molar refractivity (Wildman–Crippen MR) is 111 cm³/mol. The Bertz CT molecular complexity index is 1070. The molecule has 0 aliphatic heterocycles. The van der Waals surface area contributed by atoms with Crippen LogP contribution >= 0.6 is 11.3 Å². The van der Waals surface area contributed by atoms with Crippen LogP contribution in [0.1, 0.15) is 23.0 Å². The topological polar surface area (TPSA) is 109 Å². The van der Waals surface area contributed by atoms with Crippen LogP contribution in [0.3, 0.4) is 0 Å².